The lowest BCUT2D eigenvalue weighted by Crippen LogP contribution is -2.46. The van der Waals surface area contributed by atoms with E-state index in [1.54, 1.807) is 36.2 Å². The van der Waals surface area contributed by atoms with E-state index < -0.39 is 11.9 Å². The number of rotatable bonds is 6. The van der Waals surface area contributed by atoms with Gasteiger partial charge in [-0.05, 0) is 48.7 Å². The number of likely N-dealkylation sites (N-methyl/N-ethyl adjacent to an activating group) is 1. The molecular weight excluding hydrogens is 411 g/mol. The molecule has 0 aliphatic carbocycles. The van der Waals surface area contributed by atoms with Crippen LogP contribution in [-0.4, -0.2) is 55.5 Å². The summed E-state index contributed by atoms with van der Waals surface area (Å²) in [5, 5.41) is 0.417. The topological polar surface area (TPSA) is 59.1 Å². The van der Waals surface area contributed by atoms with Gasteiger partial charge in [0.1, 0.15) is 11.8 Å². The number of nitrogens with zero attached hydrogens (tertiary/aromatic N) is 2. The van der Waals surface area contributed by atoms with Crippen LogP contribution in [0.4, 0.5) is 4.39 Å². The van der Waals surface area contributed by atoms with Crippen molar-refractivity contribution in [2.45, 2.75) is 25.4 Å². The van der Waals surface area contributed by atoms with Crippen molar-refractivity contribution in [3.05, 3.63) is 58.4 Å². The predicted octanol–water partition coefficient (Wildman–Crippen LogP) is 3.76. The smallest absolute Gasteiger partial charge is 0.258 e. The fourth-order valence-corrected chi connectivity index (χ4v) is 3.86. The monoisotopic (exact) mass is 434 g/mol. The largest absolute Gasteiger partial charge is 0.496 e. The molecule has 1 aliphatic rings. The summed E-state index contributed by atoms with van der Waals surface area (Å²) in [6.07, 6.45) is 1.28. The number of carbonyl (C=O) groups excluding carboxylic acids is 2. The maximum Gasteiger partial charge on any atom is 0.258 e. The standard InChI is InChI=1S/C22H24ClFN2O4/c1-25(13-14-6-8-20(30-3)17(24)11-14)22(28)18-5-4-10-26(18)21(27)16-12-15(23)7-9-19(16)29-2/h6-9,11-12,18H,4-5,10,13H2,1-3H3. The Morgan fingerprint density at radius 3 is 2.53 bits per heavy atom. The second-order valence-electron chi connectivity index (χ2n) is 7.16. The molecule has 0 bridgehead atoms. The number of halogens is 2. The number of ether oxygens (including phenoxy) is 2. The average Bonchev–Trinajstić information content (AvgIpc) is 3.22. The Balaban J connectivity index is 1.76. The number of methoxy groups -OCH3 is 2. The summed E-state index contributed by atoms with van der Waals surface area (Å²) in [6, 6.07) is 8.82. The van der Waals surface area contributed by atoms with E-state index in [1.165, 1.54) is 31.3 Å². The van der Waals surface area contributed by atoms with Crippen LogP contribution in [0.3, 0.4) is 0 Å². The van der Waals surface area contributed by atoms with Crippen LogP contribution in [0.5, 0.6) is 11.5 Å². The van der Waals surface area contributed by atoms with Gasteiger partial charge < -0.3 is 19.3 Å². The molecule has 0 spiro atoms. The van der Waals surface area contributed by atoms with Crippen molar-refractivity contribution in [3.8, 4) is 11.5 Å². The molecule has 0 aromatic heterocycles. The molecule has 1 atom stereocenters. The van der Waals surface area contributed by atoms with E-state index in [0.29, 0.717) is 34.9 Å². The lowest BCUT2D eigenvalue weighted by Gasteiger charge is -2.28. The van der Waals surface area contributed by atoms with E-state index >= 15 is 0 Å². The molecule has 0 N–H and O–H groups in total. The quantitative estimate of drug-likeness (QED) is 0.694. The van der Waals surface area contributed by atoms with Crippen LogP contribution in [0.15, 0.2) is 36.4 Å². The highest BCUT2D eigenvalue weighted by molar-refractivity contribution is 6.31. The van der Waals surface area contributed by atoms with Gasteiger partial charge in [-0.2, -0.15) is 0 Å². The summed E-state index contributed by atoms with van der Waals surface area (Å²) in [5.74, 6) is -0.422. The fraction of sp³-hybridized carbons (Fsp3) is 0.364. The highest BCUT2D eigenvalue weighted by Gasteiger charge is 2.37. The molecule has 0 radical (unpaired) electrons. The molecule has 3 rings (SSSR count). The molecule has 1 aliphatic heterocycles. The van der Waals surface area contributed by atoms with E-state index in [-0.39, 0.29) is 24.1 Å². The molecule has 30 heavy (non-hydrogen) atoms. The molecule has 0 saturated carbocycles. The highest BCUT2D eigenvalue weighted by atomic mass is 35.5. The molecule has 1 fully saturated rings. The van der Waals surface area contributed by atoms with E-state index in [9.17, 15) is 14.0 Å². The van der Waals surface area contributed by atoms with Gasteiger partial charge in [0, 0.05) is 25.2 Å². The molecule has 6 nitrogen and oxygen atoms in total. The Morgan fingerprint density at radius 2 is 1.87 bits per heavy atom. The van der Waals surface area contributed by atoms with Crippen LogP contribution >= 0.6 is 11.6 Å². The number of benzene rings is 2. The molecule has 2 aromatic carbocycles. The molecule has 8 heteroatoms. The Bertz CT molecular complexity index is 953. The summed E-state index contributed by atoms with van der Waals surface area (Å²) in [5.41, 5.74) is 0.959. The van der Waals surface area contributed by atoms with E-state index in [1.807, 2.05) is 0 Å². The third-order valence-corrected chi connectivity index (χ3v) is 5.44. The molecule has 160 valence electrons. The molecule has 2 aromatic rings. The maximum absolute atomic E-state index is 14.0. The Hall–Kier alpha value is -2.80. The van der Waals surface area contributed by atoms with Crippen molar-refractivity contribution in [2.24, 2.45) is 0 Å². The van der Waals surface area contributed by atoms with Crippen molar-refractivity contribution in [3.63, 3.8) is 0 Å². The average molecular weight is 435 g/mol. The van der Waals surface area contributed by atoms with Crippen molar-refractivity contribution in [1.82, 2.24) is 9.80 Å². The Labute approximate surface area is 180 Å². The van der Waals surface area contributed by atoms with Crippen molar-refractivity contribution in [2.75, 3.05) is 27.8 Å². The lowest BCUT2D eigenvalue weighted by molar-refractivity contribution is -0.134. The SMILES string of the molecule is COc1ccc(CN(C)C(=O)C2CCCN2C(=O)c2cc(Cl)ccc2OC)cc1F. The number of amides is 2. The third kappa shape index (κ3) is 4.51. The summed E-state index contributed by atoms with van der Waals surface area (Å²) in [6.45, 7) is 0.689. The number of likely N-dealkylation sites (tertiary alicyclic amines) is 1. The highest BCUT2D eigenvalue weighted by Crippen LogP contribution is 2.28. The first-order chi connectivity index (χ1) is 14.3. The Morgan fingerprint density at radius 1 is 1.17 bits per heavy atom. The molecule has 2 amide bonds. The van der Waals surface area contributed by atoms with Crippen LogP contribution in [0.2, 0.25) is 5.02 Å². The molecule has 1 unspecified atom stereocenters. The van der Waals surface area contributed by atoms with Gasteiger partial charge in [-0.25, -0.2) is 4.39 Å². The first-order valence-corrected chi connectivity index (χ1v) is 9.95. The van der Waals surface area contributed by atoms with E-state index in [2.05, 4.69) is 0 Å². The third-order valence-electron chi connectivity index (χ3n) is 5.20. The van der Waals surface area contributed by atoms with E-state index in [0.717, 1.165) is 6.42 Å². The summed E-state index contributed by atoms with van der Waals surface area (Å²) >= 11 is 6.06. The van der Waals surface area contributed by atoms with Crippen LogP contribution in [0, 0.1) is 5.82 Å². The zero-order chi connectivity index (χ0) is 21.8. The molecule has 1 saturated heterocycles. The minimum atomic E-state index is -0.589. The van der Waals surface area contributed by atoms with Crippen molar-refractivity contribution >= 4 is 23.4 Å². The zero-order valence-corrected chi connectivity index (χ0v) is 17.9. The van der Waals surface area contributed by atoms with Gasteiger partial charge in [-0.3, -0.25) is 9.59 Å². The first-order valence-electron chi connectivity index (χ1n) is 9.57. The number of carbonyl (C=O) groups is 2. The fourth-order valence-electron chi connectivity index (χ4n) is 3.68. The van der Waals surface area contributed by atoms with Gasteiger partial charge in [0.05, 0.1) is 19.8 Å². The van der Waals surface area contributed by atoms with Crippen molar-refractivity contribution in [1.29, 1.82) is 0 Å². The van der Waals surface area contributed by atoms with Gasteiger partial charge in [-0.1, -0.05) is 17.7 Å². The van der Waals surface area contributed by atoms with Gasteiger partial charge in [-0.15, -0.1) is 0 Å². The summed E-state index contributed by atoms with van der Waals surface area (Å²) in [4.78, 5) is 29.3. The normalized spacial score (nSPS) is 15.8. The summed E-state index contributed by atoms with van der Waals surface area (Å²) in [7, 11) is 4.52. The number of hydrogen-bond acceptors (Lipinski definition) is 4. The van der Waals surface area contributed by atoms with Crippen LogP contribution in [0.1, 0.15) is 28.8 Å². The van der Waals surface area contributed by atoms with Gasteiger partial charge in [0.2, 0.25) is 5.91 Å². The molecular formula is C22H24ClFN2O4. The second-order valence-corrected chi connectivity index (χ2v) is 7.60. The minimum absolute atomic E-state index is 0.149. The number of hydrogen-bond donors (Lipinski definition) is 0. The molecule has 1 heterocycles. The van der Waals surface area contributed by atoms with E-state index in [4.69, 9.17) is 21.1 Å². The van der Waals surface area contributed by atoms with Gasteiger partial charge >= 0.3 is 0 Å². The Kier molecular flexibility index (Phi) is 6.82. The zero-order valence-electron chi connectivity index (χ0n) is 17.2. The van der Waals surface area contributed by atoms with Crippen LogP contribution in [0.25, 0.3) is 0 Å². The second kappa shape index (κ2) is 9.34. The maximum atomic E-state index is 14.0. The predicted molar refractivity (Wildman–Crippen MR) is 111 cm³/mol. The van der Waals surface area contributed by atoms with Gasteiger partial charge in [0.15, 0.2) is 11.6 Å². The summed E-state index contributed by atoms with van der Waals surface area (Å²) < 4.78 is 24.2. The van der Waals surface area contributed by atoms with Crippen molar-refractivity contribution < 1.29 is 23.5 Å². The van der Waals surface area contributed by atoms with Crippen LogP contribution in [-0.2, 0) is 11.3 Å². The van der Waals surface area contributed by atoms with Crippen LogP contribution < -0.4 is 9.47 Å². The lowest BCUT2D eigenvalue weighted by atomic mass is 10.1. The first kappa shape index (κ1) is 21.9. The minimum Gasteiger partial charge on any atom is -0.496 e. The van der Waals surface area contributed by atoms with Gasteiger partial charge in [0.25, 0.3) is 5.91 Å².